The Morgan fingerprint density at radius 2 is 2.40 bits per heavy atom. The third-order valence-electron chi connectivity index (χ3n) is 1.74. The minimum atomic E-state index is -0.931. The Labute approximate surface area is 94.7 Å². The van der Waals surface area contributed by atoms with Crippen LogP contribution in [-0.2, 0) is 4.79 Å². The predicted molar refractivity (Wildman–Crippen MR) is 64.1 cm³/mol. The fourth-order valence-corrected chi connectivity index (χ4v) is 1.23. The maximum Gasteiger partial charge on any atom is 0.320 e. The molecule has 0 heterocycles. The van der Waals surface area contributed by atoms with Crippen molar-refractivity contribution >= 4 is 24.3 Å². The summed E-state index contributed by atoms with van der Waals surface area (Å²) in [6.45, 7) is 2.77. The topological polar surface area (TPSA) is 87.7 Å². The summed E-state index contributed by atoms with van der Waals surface area (Å²) in [5, 5.41) is 8.51. The lowest BCUT2D eigenvalue weighted by Crippen LogP contribution is -2.29. The Balaban J connectivity index is 3.24. The number of nitrogens with zero attached hydrogens (tertiary/aromatic N) is 1. The minimum Gasteiger partial charge on any atom is -0.480 e. The summed E-state index contributed by atoms with van der Waals surface area (Å²) >= 11 is 1.58. The number of nitrogens with two attached hydrogens (primary N) is 1. The van der Waals surface area contributed by atoms with Gasteiger partial charge in [0, 0.05) is 12.3 Å². The van der Waals surface area contributed by atoms with Crippen molar-refractivity contribution in [2.45, 2.75) is 32.2 Å². The second-order valence-corrected chi connectivity index (χ2v) is 4.13. The van der Waals surface area contributed by atoms with E-state index in [-0.39, 0.29) is 0 Å². The molecule has 0 unspecified atom stereocenters. The molecule has 0 spiro atoms. The van der Waals surface area contributed by atoms with Crippen LogP contribution in [0.3, 0.4) is 0 Å². The van der Waals surface area contributed by atoms with Crippen LogP contribution in [0.5, 0.6) is 0 Å². The summed E-state index contributed by atoms with van der Waals surface area (Å²) in [6, 6.07) is -0.734. The van der Waals surface area contributed by atoms with Gasteiger partial charge in [-0.25, -0.2) is 0 Å². The molecule has 15 heavy (non-hydrogen) atoms. The van der Waals surface area contributed by atoms with E-state index in [2.05, 4.69) is 16.6 Å². The summed E-state index contributed by atoms with van der Waals surface area (Å²) in [6.07, 6.45) is 3.86. The Morgan fingerprint density at radius 3 is 3.00 bits per heavy atom. The van der Waals surface area contributed by atoms with Crippen molar-refractivity contribution < 1.29 is 9.90 Å². The second-order valence-electron chi connectivity index (χ2n) is 3.03. The molecule has 88 valence electrons. The van der Waals surface area contributed by atoms with Crippen molar-refractivity contribution in [1.82, 2.24) is 4.72 Å². The normalized spacial score (nSPS) is 12.9. The lowest BCUT2D eigenvalue weighted by atomic mass is 10.1. The van der Waals surface area contributed by atoms with E-state index in [1.807, 2.05) is 0 Å². The van der Waals surface area contributed by atoms with E-state index in [4.69, 9.17) is 10.8 Å². The fourth-order valence-electron chi connectivity index (χ4n) is 0.913. The first-order chi connectivity index (χ1) is 7.18. The first-order valence-corrected chi connectivity index (χ1v) is 6.01. The number of carboxylic acids is 1. The molecule has 0 aliphatic heterocycles. The van der Waals surface area contributed by atoms with E-state index in [1.54, 1.807) is 18.3 Å². The molecule has 5 nitrogen and oxygen atoms in total. The number of hydrogen-bond acceptors (Lipinski definition) is 4. The van der Waals surface area contributed by atoms with Crippen molar-refractivity contribution in [1.29, 1.82) is 0 Å². The highest BCUT2D eigenvalue weighted by atomic mass is 32.2. The lowest BCUT2D eigenvalue weighted by Gasteiger charge is -2.04. The lowest BCUT2D eigenvalue weighted by molar-refractivity contribution is -0.138. The highest BCUT2D eigenvalue weighted by molar-refractivity contribution is 7.97. The number of carboxylic acid groups (broad SMARTS) is 1. The van der Waals surface area contributed by atoms with Crippen LogP contribution in [0.4, 0.5) is 0 Å². The molecule has 0 aromatic rings. The van der Waals surface area contributed by atoms with E-state index in [1.165, 1.54) is 0 Å². The van der Waals surface area contributed by atoms with Crippen LogP contribution in [0.25, 0.3) is 0 Å². The molecule has 0 aromatic heterocycles. The van der Waals surface area contributed by atoms with E-state index < -0.39 is 12.0 Å². The zero-order valence-electron chi connectivity index (χ0n) is 8.98. The highest BCUT2D eigenvalue weighted by Crippen LogP contribution is 1.99. The molecule has 1 atom stereocenters. The van der Waals surface area contributed by atoms with E-state index in [0.29, 0.717) is 13.0 Å². The van der Waals surface area contributed by atoms with Gasteiger partial charge in [-0.15, -0.1) is 0 Å². The molecule has 0 saturated carbocycles. The molecule has 0 aromatic carbocycles. The van der Waals surface area contributed by atoms with Crippen molar-refractivity contribution in [3.05, 3.63) is 0 Å². The first kappa shape index (κ1) is 14.2. The Morgan fingerprint density at radius 1 is 1.67 bits per heavy atom. The second kappa shape index (κ2) is 9.79. The summed E-state index contributed by atoms with van der Waals surface area (Å²) in [5.41, 5.74) is 5.34. The standard InChI is InChI=1S/C9H19N3O2S/c1-2-15-12-7-11-6-4-3-5-8(10)9(13)14/h7-8H,2-6,10H2,1H3,(H,11,12)(H,13,14)/t8-/m0/s1. The quantitative estimate of drug-likeness (QED) is 0.238. The van der Waals surface area contributed by atoms with Gasteiger partial charge in [0.1, 0.15) is 6.04 Å². The van der Waals surface area contributed by atoms with Gasteiger partial charge in [0.25, 0.3) is 0 Å². The number of aliphatic carboxylic acids is 1. The SMILES string of the molecule is CCSNC=NCCCC[C@H](N)C(=O)O. The number of unbranched alkanes of at least 4 members (excludes halogenated alkanes) is 1. The predicted octanol–water partition coefficient (Wildman–Crippen LogP) is 0.855. The summed E-state index contributed by atoms with van der Waals surface area (Å²) in [5.74, 6) is 0.0685. The van der Waals surface area contributed by atoms with Crippen molar-refractivity contribution in [3.63, 3.8) is 0 Å². The van der Waals surface area contributed by atoms with E-state index in [0.717, 1.165) is 18.6 Å². The molecule has 0 rings (SSSR count). The largest absolute Gasteiger partial charge is 0.480 e. The first-order valence-electron chi connectivity index (χ1n) is 5.02. The highest BCUT2D eigenvalue weighted by Gasteiger charge is 2.09. The zero-order valence-corrected chi connectivity index (χ0v) is 9.80. The maximum absolute atomic E-state index is 10.4. The summed E-state index contributed by atoms with van der Waals surface area (Å²) in [7, 11) is 0. The molecule has 0 aliphatic carbocycles. The van der Waals surface area contributed by atoms with Gasteiger partial charge < -0.3 is 15.6 Å². The van der Waals surface area contributed by atoms with Crippen LogP contribution in [0.2, 0.25) is 0 Å². The van der Waals surface area contributed by atoms with Crippen molar-refractivity contribution in [2.24, 2.45) is 10.7 Å². The summed E-state index contributed by atoms with van der Waals surface area (Å²) < 4.78 is 2.96. The van der Waals surface area contributed by atoms with Crippen LogP contribution in [0.1, 0.15) is 26.2 Å². The van der Waals surface area contributed by atoms with Gasteiger partial charge in [0.05, 0.1) is 6.34 Å². The number of hydrogen-bond donors (Lipinski definition) is 3. The molecule has 0 saturated heterocycles. The molecule has 0 amide bonds. The van der Waals surface area contributed by atoms with Gasteiger partial charge in [0.2, 0.25) is 0 Å². The molecular weight excluding hydrogens is 214 g/mol. The van der Waals surface area contributed by atoms with Crippen molar-refractivity contribution in [3.8, 4) is 0 Å². The molecule has 6 heteroatoms. The van der Waals surface area contributed by atoms with Crippen LogP contribution < -0.4 is 10.5 Å². The van der Waals surface area contributed by atoms with Crippen LogP contribution >= 0.6 is 11.9 Å². The van der Waals surface area contributed by atoms with Gasteiger partial charge in [0.15, 0.2) is 0 Å². The number of rotatable bonds is 9. The smallest absolute Gasteiger partial charge is 0.320 e. The minimum absolute atomic E-state index is 0.516. The third-order valence-corrected chi connectivity index (χ3v) is 2.30. The van der Waals surface area contributed by atoms with E-state index in [9.17, 15) is 4.79 Å². The molecule has 0 radical (unpaired) electrons. The number of nitrogens with one attached hydrogen (secondary N) is 1. The fraction of sp³-hybridized carbons (Fsp3) is 0.778. The molecule has 0 bridgehead atoms. The Bertz CT molecular complexity index is 200. The molecule has 0 fully saturated rings. The van der Waals surface area contributed by atoms with Crippen LogP contribution in [-0.4, -0.2) is 35.8 Å². The number of aliphatic imine (C=N–C) groups is 1. The van der Waals surface area contributed by atoms with Gasteiger partial charge >= 0.3 is 5.97 Å². The molecule has 0 aliphatic rings. The van der Waals surface area contributed by atoms with Gasteiger partial charge in [-0.1, -0.05) is 18.9 Å². The Kier molecular flexibility index (Phi) is 9.30. The monoisotopic (exact) mass is 233 g/mol. The van der Waals surface area contributed by atoms with Crippen LogP contribution in [0.15, 0.2) is 4.99 Å². The average Bonchev–Trinajstić information content (AvgIpc) is 2.21. The number of carbonyl (C=O) groups is 1. The van der Waals surface area contributed by atoms with Gasteiger partial charge in [-0.05, 0) is 19.3 Å². The van der Waals surface area contributed by atoms with Crippen molar-refractivity contribution in [2.75, 3.05) is 12.3 Å². The maximum atomic E-state index is 10.4. The van der Waals surface area contributed by atoms with Gasteiger partial charge in [-0.3, -0.25) is 9.79 Å². The van der Waals surface area contributed by atoms with E-state index >= 15 is 0 Å². The molecule has 4 N–H and O–H groups in total. The van der Waals surface area contributed by atoms with Gasteiger partial charge in [-0.2, -0.15) is 0 Å². The van der Waals surface area contributed by atoms with Crippen LogP contribution in [0, 0.1) is 0 Å². The zero-order chi connectivity index (χ0) is 11.5. The summed E-state index contributed by atoms with van der Waals surface area (Å²) in [4.78, 5) is 14.5. The molecular formula is C9H19N3O2S. The third kappa shape index (κ3) is 9.55. The Hall–Kier alpha value is -0.750. The average molecular weight is 233 g/mol.